The minimum absolute atomic E-state index is 0.0504. The Morgan fingerprint density at radius 3 is 2.47 bits per heavy atom. The number of hydrogen-bond donors (Lipinski definition) is 5. The number of aliphatic hydroxyl groups is 5. The molecule has 5 N–H and O–H groups in total. The summed E-state index contributed by atoms with van der Waals surface area (Å²) in [6, 6.07) is 0. The summed E-state index contributed by atoms with van der Waals surface area (Å²) >= 11 is 0. The molecule has 11 unspecified atom stereocenters. The summed E-state index contributed by atoms with van der Waals surface area (Å²) in [6.07, 6.45) is 0.422. The van der Waals surface area contributed by atoms with Crippen LogP contribution in [0.1, 0.15) is 71.6 Å². The predicted octanol–water partition coefficient (Wildman–Crippen LogP) is 1.41. The van der Waals surface area contributed by atoms with Crippen LogP contribution in [0.15, 0.2) is 12.2 Å². The maximum atomic E-state index is 13.7. The molecule has 8 nitrogen and oxygen atoms in total. The van der Waals surface area contributed by atoms with Crippen molar-refractivity contribution in [1.82, 2.24) is 0 Å². The Labute approximate surface area is 201 Å². The Bertz CT molecular complexity index is 860. The number of carbonyl (C=O) groups is 1. The van der Waals surface area contributed by atoms with E-state index in [4.69, 9.17) is 9.47 Å². The molecule has 5 fully saturated rings. The first-order valence-corrected chi connectivity index (χ1v) is 12.8. The first kappa shape index (κ1) is 24.7. The molecule has 0 radical (unpaired) electrons. The van der Waals surface area contributed by atoms with Crippen molar-refractivity contribution in [2.45, 2.75) is 108 Å². The van der Waals surface area contributed by atoms with E-state index in [2.05, 4.69) is 13.5 Å². The van der Waals surface area contributed by atoms with E-state index in [1.165, 1.54) is 0 Å². The highest BCUT2D eigenvalue weighted by molar-refractivity contribution is 5.77. The van der Waals surface area contributed by atoms with Crippen molar-refractivity contribution in [3.63, 3.8) is 0 Å². The van der Waals surface area contributed by atoms with Crippen molar-refractivity contribution in [2.24, 2.45) is 28.1 Å². The number of esters is 1. The monoisotopic (exact) mass is 480 g/mol. The van der Waals surface area contributed by atoms with Gasteiger partial charge in [0, 0.05) is 0 Å². The SMILES string of the molecule is C=C1CC23CCC4C(C)(C(=O)OC5OC(CO)C(O)C(O)C5O)CCCC4(C)C2CCC1(O)C3. The Kier molecular flexibility index (Phi) is 5.79. The summed E-state index contributed by atoms with van der Waals surface area (Å²) in [5.41, 5.74) is -0.575. The molecule has 34 heavy (non-hydrogen) atoms. The van der Waals surface area contributed by atoms with Gasteiger partial charge in [-0.25, -0.2) is 0 Å². The quantitative estimate of drug-likeness (QED) is 0.302. The number of carbonyl (C=O) groups excluding carboxylic acids is 1. The fourth-order valence-corrected chi connectivity index (χ4v) is 9.00. The van der Waals surface area contributed by atoms with Gasteiger partial charge in [0.25, 0.3) is 0 Å². The minimum atomic E-state index is -1.60. The molecule has 8 heteroatoms. The van der Waals surface area contributed by atoms with E-state index in [1.54, 1.807) is 0 Å². The number of hydrogen-bond acceptors (Lipinski definition) is 8. The summed E-state index contributed by atoms with van der Waals surface area (Å²) in [7, 11) is 0. The zero-order valence-corrected chi connectivity index (χ0v) is 20.3. The van der Waals surface area contributed by atoms with Crippen molar-refractivity contribution < 1.29 is 39.8 Å². The van der Waals surface area contributed by atoms with Crippen LogP contribution in [0.25, 0.3) is 0 Å². The number of rotatable bonds is 3. The molecular formula is C26H40O8. The molecule has 4 saturated carbocycles. The zero-order chi connectivity index (χ0) is 24.7. The van der Waals surface area contributed by atoms with Gasteiger partial charge >= 0.3 is 5.97 Å². The van der Waals surface area contributed by atoms with Gasteiger partial charge in [0.2, 0.25) is 6.29 Å². The lowest BCUT2D eigenvalue weighted by Gasteiger charge is -2.63. The lowest BCUT2D eigenvalue weighted by atomic mass is 9.41. The molecular weight excluding hydrogens is 440 g/mol. The molecule has 0 amide bonds. The lowest BCUT2D eigenvalue weighted by molar-refractivity contribution is -0.298. The van der Waals surface area contributed by atoms with Gasteiger partial charge < -0.3 is 35.0 Å². The Balaban J connectivity index is 1.39. The third kappa shape index (κ3) is 3.29. The molecule has 0 aromatic carbocycles. The molecule has 11 atom stereocenters. The smallest absolute Gasteiger partial charge is 0.314 e. The largest absolute Gasteiger partial charge is 0.432 e. The molecule has 4 aliphatic carbocycles. The van der Waals surface area contributed by atoms with Crippen LogP contribution in [0.2, 0.25) is 0 Å². The number of fused-ring (bicyclic) bond motifs is 3. The maximum Gasteiger partial charge on any atom is 0.314 e. The van der Waals surface area contributed by atoms with Gasteiger partial charge in [-0.3, -0.25) is 4.79 Å². The van der Waals surface area contributed by atoms with Gasteiger partial charge in [0.15, 0.2) is 0 Å². The first-order valence-electron chi connectivity index (χ1n) is 12.8. The van der Waals surface area contributed by atoms with Crippen molar-refractivity contribution in [3.8, 4) is 0 Å². The third-order valence-electron chi connectivity index (χ3n) is 10.7. The zero-order valence-electron chi connectivity index (χ0n) is 20.3. The second kappa shape index (κ2) is 7.98. The molecule has 192 valence electrons. The number of aliphatic hydroxyl groups excluding tert-OH is 4. The molecule has 1 saturated heterocycles. The van der Waals surface area contributed by atoms with Crippen LogP contribution in [0.4, 0.5) is 0 Å². The van der Waals surface area contributed by atoms with E-state index in [1.807, 2.05) is 6.92 Å². The first-order chi connectivity index (χ1) is 15.9. The summed E-state index contributed by atoms with van der Waals surface area (Å²) in [5, 5.41) is 51.1. The predicted molar refractivity (Wildman–Crippen MR) is 121 cm³/mol. The van der Waals surface area contributed by atoms with Crippen LogP contribution in [-0.2, 0) is 14.3 Å². The van der Waals surface area contributed by atoms with Gasteiger partial charge in [0.1, 0.15) is 24.4 Å². The highest BCUT2D eigenvalue weighted by Gasteiger charge is 2.68. The molecule has 1 spiro atoms. The van der Waals surface area contributed by atoms with Gasteiger partial charge in [-0.1, -0.05) is 19.9 Å². The van der Waals surface area contributed by atoms with Crippen LogP contribution in [-0.4, -0.2) is 74.4 Å². The van der Waals surface area contributed by atoms with Gasteiger partial charge in [-0.05, 0) is 86.5 Å². The van der Waals surface area contributed by atoms with E-state index < -0.39 is 54.3 Å². The highest BCUT2D eigenvalue weighted by atomic mass is 16.7. The Morgan fingerprint density at radius 2 is 1.76 bits per heavy atom. The molecule has 5 aliphatic rings. The fourth-order valence-electron chi connectivity index (χ4n) is 9.00. The van der Waals surface area contributed by atoms with E-state index in [0.29, 0.717) is 12.3 Å². The van der Waals surface area contributed by atoms with E-state index in [-0.39, 0.29) is 16.7 Å². The molecule has 1 aliphatic heterocycles. The van der Waals surface area contributed by atoms with Crippen LogP contribution in [0, 0.1) is 28.1 Å². The summed E-state index contributed by atoms with van der Waals surface area (Å²) < 4.78 is 11.1. The molecule has 0 aromatic rings. The van der Waals surface area contributed by atoms with Crippen molar-refractivity contribution in [3.05, 3.63) is 12.2 Å². The second-order valence-electron chi connectivity index (χ2n) is 12.4. The average Bonchev–Trinajstić information content (AvgIpc) is 2.96. The summed E-state index contributed by atoms with van der Waals surface area (Å²) in [6.45, 7) is 7.91. The molecule has 2 bridgehead atoms. The summed E-state index contributed by atoms with van der Waals surface area (Å²) in [4.78, 5) is 13.7. The normalized spacial score (nSPS) is 54.8. The van der Waals surface area contributed by atoms with Gasteiger partial charge in [0.05, 0.1) is 17.6 Å². The second-order valence-corrected chi connectivity index (χ2v) is 12.4. The van der Waals surface area contributed by atoms with Crippen LogP contribution >= 0.6 is 0 Å². The number of ether oxygens (including phenoxy) is 2. The molecule has 1 heterocycles. The van der Waals surface area contributed by atoms with Gasteiger partial charge in [-0.2, -0.15) is 0 Å². The fraction of sp³-hybridized carbons (Fsp3) is 0.885. The van der Waals surface area contributed by atoms with Crippen LogP contribution < -0.4 is 0 Å². The highest BCUT2D eigenvalue weighted by Crippen LogP contribution is 2.73. The minimum Gasteiger partial charge on any atom is -0.432 e. The lowest BCUT2D eigenvalue weighted by Crippen LogP contribution is -2.62. The summed E-state index contributed by atoms with van der Waals surface area (Å²) in [5.74, 6) is 0.0200. The standard InChI is InChI=1S/C26H40O8/c1-14-11-25-9-5-16-23(2,17(25)6-10-26(14,32)13-25)7-4-8-24(16,3)22(31)34-21-20(30)19(29)18(28)15(12-27)33-21/h15-21,27-30,32H,1,4-13H2,2-3H3. The molecule has 5 rings (SSSR count). The van der Waals surface area contributed by atoms with Crippen molar-refractivity contribution in [2.75, 3.05) is 6.61 Å². The average molecular weight is 481 g/mol. The van der Waals surface area contributed by atoms with E-state index in [9.17, 15) is 30.3 Å². The van der Waals surface area contributed by atoms with Crippen molar-refractivity contribution >= 4 is 5.97 Å². The Morgan fingerprint density at radius 1 is 1.06 bits per heavy atom. The third-order valence-corrected chi connectivity index (χ3v) is 10.7. The van der Waals surface area contributed by atoms with E-state index in [0.717, 1.165) is 56.9 Å². The Hall–Kier alpha value is -1.03. The van der Waals surface area contributed by atoms with Gasteiger partial charge in [-0.15, -0.1) is 0 Å². The van der Waals surface area contributed by atoms with Crippen LogP contribution in [0.3, 0.4) is 0 Å². The van der Waals surface area contributed by atoms with Crippen LogP contribution in [0.5, 0.6) is 0 Å². The van der Waals surface area contributed by atoms with E-state index >= 15 is 0 Å². The maximum absolute atomic E-state index is 13.7. The van der Waals surface area contributed by atoms with Crippen molar-refractivity contribution in [1.29, 1.82) is 0 Å². The molecule has 0 aromatic heterocycles. The topological polar surface area (TPSA) is 137 Å².